The molecule has 7 heteroatoms. The van der Waals surface area contributed by atoms with Gasteiger partial charge >= 0.3 is 5.97 Å². The van der Waals surface area contributed by atoms with Crippen LogP contribution in [0.15, 0.2) is 12.4 Å². The minimum absolute atomic E-state index is 0.0388. The van der Waals surface area contributed by atoms with E-state index in [0.717, 1.165) is 0 Å². The van der Waals surface area contributed by atoms with E-state index in [9.17, 15) is 9.59 Å². The van der Waals surface area contributed by atoms with Crippen molar-refractivity contribution in [1.29, 1.82) is 0 Å². The molecule has 0 aliphatic heterocycles. The summed E-state index contributed by atoms with van der Waals surface area (Å²) in [7, 11) is 0. The molecule has 0 fully saturated rings. The van der Waals surface area contributed by atoms with Crippen LogP contribution in [0.5, 0.6) is 0 Å². The molecule has 0 aliphatic rings. The molecular formula is C11H18N4O3. The molecule has 1 aromatic rings. The maximum Gasteiger partial charge on any atom is 0.305 e. The Kier molecular flexibility index (Phi) is 5.29. The van der Waals surface area contributed by atoms with E-state index in [1.165, 1.54) is 0 Å². The van der Waals surface area contributed by atoms with E-state index in [2.05, 4.69) is 10.3 Å². The topological polar surface area (TPSA) is 88.3 Å². The van der Waals surface area contributed by atoms with Gasteiger partial charge in [0.15, 0.2) is 0 Å². The lowest BCUT2D eigenvalue weighted by molar-refractivity contribution is -0.140. The average Bonchev–Trinajstić information content (AvgIpc) is 2.79. The van der Waals surface area contributed by atoms with Gasteiger partial charge in [0.2, 0.25) is 5.91 Å². The molecule has 0 saturated heterocycles. The van der Waals surface area contributed by atoms with Crippen LogP contribution in [0.2, 0.25) is 0 Å². The summed E-state index contributed by atoms with van der Waals surface area (Å²) >= 11 is 0. The lowest BCUT2D eigenvalue weighted by Crippen LogP contribution is -2.40. The Bertz CT molecular complexity index is 391. The number of aryl methyl sites for hydroxylation is 1. The first-order chi connectivity index (χ1) is 8.54. The van der Waals surface area contributed by atoms with Crippen molar-refractivity contribution in [2.75, 3.05) is 6.54 Å². The summed E-state index contributed by atoms with van der Waals surface area (Å²) in [6, 6.07) is -0.296. The van der Waals surface area contributed by atoms with Crippen molar-refractivity contribution in [2.24, 2.45) is 0 Å². The van der Waals surface area contributed by atoms with Crippen LogP contribution in [0, 0.1) is 0 Å². The van der Waals surface area contributed by atoms with Gasteiger partial charge in [-0.2, -0.15) is 0 Å². The quantitative estimate of drug-likeness (QED) is 0.760. The van der Waals surface area contributed by atoms with Gasteiger partial charge in [-0.25, -0.2) is 0 Å². The molecule has 1 atom stereocenters. The first kappa shape index (κ1) is 14.1. The second-order valence-corrected chi connectivity index (χ2v) is 4.04. The molecule has 1 aromatic heterocycles. The molecule has 0 bridgehead atoms. The van der Waals surface area contributed by atoms with Crippen molar-refractivity contribution in [2.45, 2.75) is 39.3 Å². The van der Waals surface area contributed by atoms with Crippen LogP contribution >= 0.6 is 0 Å². The molecule has 0 aliphatic carbocycles. The Morgan fingerprint density at radius 1 is 1.50 bits per heavy atom. The summed E-state index contributed by atoms with van der Waals surface area (Å²) in [5, 5.41) is 16.1. The molecule has 1 N–H and O–H groups in total. The number of hydrogen-bond donors (Lipinski definition) is 1. The fourth-order valence-electron chi connectivity index (χ4n) is 1.80. The number of carbonyl (C=O) groups excluding carboxylic acids is 1. The summed E-state index contributed by atoms with van der Waals surface area (Å²) in [6.45, 7) is 4.54. The van der Waals surface area contributed by atoms with E-state index >= 15 is 0 Å². The highest BCUT2D eigenvalue weighted by molar-refractivity contribution is 5.77. The van der Waals surface area contributed by atoms with Crippen LogP contribution in [0.4, 0.5) is 0 Å². The smallest absolute Gasteiger partial charge is 0.305 e. The summed E-state index contributed by atoms with van der Waals surface area (Å²) in [5.74, 6) is -0.966. The molecular weight excluding hydrogens is 236 g/mol. The third-order valence-corrected chi connectivity index (χ3v) is 2.69. The van der Waals surface area contributed by atoms with Gasteiger partial charge in [0.1, 0.15) is 0 Å². The number of carboxylic acid groups (broad SMARTS) is 1. The van der Waals surface area contributed by atoms with Crippen LogP contribution < -0.4 is 0 Å². The molecule has 0 spiro atoms. The zero-order valence-electron chi connectivity index (χ0n) is 10.6. The number of aliphatic carboxylic acids is 1. The van der Waals surface area contributed by atoms with Gasteiger partial charge in [0.25, 0.3) is 0 Å². The molecule has 18 heavy (non-hydrogen) atoms. The van der Waals surface area contributed by atoms with E-state index in [4.69, 9.17) is 5.11 Å². The lowest BCUT2D eigenvalue weighted by atomic mass is 10.2. The number of nitrogens with zero attached hydrogens (tertiary/aromatic N) is 4. The molecule has 1 amide bonds. The molecule has 1 heterocycles. The van der Waals surface area contributed by atoms with E-state index in [-0.39, 0.29) is 18.4 Å². The summed E-state index contributed by atoms with van der Waals surface area (Å²) in [4.78, 5) is 24.2. The maximum absolute atomic E-state index is 12.0. The predicted octanol–water partition coefficient (Wildman–Crippen LogP) is 0.380. The van der Waals surface area contributed by atoms with E-state index in [1.54, 1.807) is 28.9 Å². The van der Waals surface area contributed by atoms with Crippen LogP contribution in [0.3, 0.4) is 0 Å². The second kappa shape index (κ2) is 6.73. The average molecular weight is 254 g/mol. The SMILES string of the molecule is CCN(C(=O)CCn1ccnn1)C(C)CC(=O)O. The Morgan fingerprint density at radius 3 is 2.72 bits per heavy atom. The van der Waals surface area contributed by atoms with Gasteiger partial charge in [-0.3, -0.25) is 14.3 Å². The number of rotatable bonds is 7. The normalized spacial score (nSPS) is 12.1. The van der Waals surface area contributed by atoms with Crippen molar-refractivity contribution in [3.05, 3.63) is 12.4 Å². The lowest BCUT2D eigenvalue weighted by Gasteiger charge is -2.27. The summed E-state index contributed by atoms with van der Waals surface area (Å²) < 4.78 is 1.58. The van der Waals surface area contributed by atoms with Crippen molar-refractivity contribution in [3.63, 3.8) is 0 Å². The highest BCUT2D eigenvalue weighted by Gasteiger charge is 2.20. The minimum atomic E-state index is -0.898. The summed E-state index contributed by atoms with van der Waals surface area (Å²) in [6.07, 6.45) is 3.49. The predicted molar refractivity (Wildman–Crippen MR) is 63.7 cm³/mol. The number of hydrogen-bond acceptors (Lipinski definition) is 4. The van der Waals surface area contributed by atoms with Gasteiger partial charge in [-0.15, -0.1) is 5.10 Å². The van der Waals surface area contributed by atoms with Gasteiger partial charge in [0.05, 0.1) is 19.2 Å². The second-order valence-electron chi connectivity index (χ2n) is 4.04. The van der Waals surface area contributed by atoms with Crippen molar-refractivity contribution < 1.29 is 14.7 Å². The van der Waals surface area contributed by atoms with Crippen LogP contribution in [-0.4, -0.2) is 49.5 Å². The van der Waals surface area contributed by atoms with Crippen LogP contribution in [-0.2, 0) is 16.1 Å². The first-order valence-corrected chi connectivity index (χ1v) is 5.90. The third-order valence-electron chi connectivity index (χ3n) is 2.69. The fraction of sp³-hybridized carbons (Fsp3) is 0.636. The molecule has 7 nitrogen and oxygen atoms in total. The Labute approximate surface area is 105 Å². The number of carbonyl (C=O) groups is 2. The Hall–Kier alpha value is -1.92. The molecule has 0 radical (unpaired) electrons. The molecule has 0 aromatic carbocycles. The van der Waals surface area contributed by atoms with Crippen LogP contribution in [0.25, 0.3) is 0 Å². The summed E-state index contributed by atoms with van der Waals surface area (Å²) in [5.41, 5.74) is 0. The van der Waals surface area contributed by atoms with Gasteiger partial charge < -0.3 is 10.0 Å². The van der Waals surface area contributed by atoms with Gasteiger partial charge in [-0.1, -0.05) is 5.21 Å². The van der Waals surface area contributed by atoms with E-state index in [1.807, 2.05) is 6.92 Å². The van der Waals surface area contributed by atoms with E-state index in [0.29, 0.717) is 19.5 Å². The van der Waals surface area contributed by atoms with Gasteiger partial charge in [0, 0.05) is 25.2 Å². The standard InChI is InChI=1S/C11H18N4O3/c1-3-15(9(2)8-11(17)18)10(16)4-6-14-7-5-12-13-14/h5,7,9H,3-4,6,8H2,1-2H3,(H,17,18). The van der Waals surface area contributed by atoms with E-state index < -0.39 is 5.97 Å². The largest absolute Gasteiger partial charge is 0.481 e. The highest BCUT2D eigenvalue weighted by Crippen LogP contribution is 2.06. The number of aromatic nitrogens is 3. The highest BCUT2D eigenvalue weighted by atomic mass is 16.4. The number of amides is 1. The van der Waals surface area contributed by atoms with Crippen molar-refractivity contribution in [1.82, 2.24) is 19.9 Å². The minimum Gasteiger partial charge on any atom is -0.481 e. The first-order valence-electron chi connectivity index (χ1n) is 5.90. The van der Waals surface area contributed by atoms with Crippen molar-refractivity contribution in [3.8, 4) is 0 Å². The Morgan fingerprint density at radius 2 is 2.22 bits per heavy atom. The zero-order valence-corrected chi connectivity index (χ0v) is 10.6. The van der Waals surface area contributed by atoms with Crippen LogP contribution in [0.1, 0.15) is 26.7 Å². The zero-order chi connectivity index (χ0) is 13.5. The Balaban J connectivity index is 2.48. The number of carboxylic acids is 1. The molecule has 1 rings (SSSR count). The monoisotopic (exact) mass is 254 g/mol. The maximum atomic E-state index is 12.0. The third kappa shape index (κ3) is 4.15. The fourth-order valence-corrected chi connectivity index (χ4v) is 1.80. The molecule has 0 saturated carbocycles. The van der Waals surface area contributed by atoms with Gasteiger partial charge in [-0.05, 0) is 13.8 Å². The molecule has 100 valence electrons. The van der Waals surface area contributed by atoms with Crippen molar-refractivity contribution >= 4 is 11.9 Å². The molecule has 1 unspecified atom stereocenters.